The number of hydrogen-bond acceptors (Lipinski definition) is 5. The zero-order valence-corrected chi connectivity index (χ0v) is 14.6. The van der Waals surface area contributed by atoms with Gasteiger partial charge in [-0.3, -0.25) is 14.4 Å². The number of benzene rings is 1. The fraction of sp³-hybridized carbons (Fsp3) is 0.526. The van der Waals surface area contributed by atoms with Gasteiger partial charge in [-0.05, 0) is 36.0 Å². The highest BCUT2D eigenvalue weighted by atomic mass is 16.7. The van der Waals surface area contributed by atoms with E-state index in [-0.39, 0.29) is 19.2 Å². The van der Waals surface area contributed by atoms with Crippen molar-refractivity contribution in [3.05, 3.63) is 23.8 Å². The zero-order chi connectivity index (χ0) is 18.0. The lowest BCUT2D eigenvalue weighted by Crippen LogP contribution is -2.50. The minimum absolute atomic E-state index is 0.192. The lowest BCUT2D eigenvalue weighted by molar-refractivity contribution is -0.149. The molecule has 0 aromatic heterocycles. The van der Waals surface area contributed by atoms with E-state index in [4.69, 9.17) is 9.47 Å². The molecule has 1 heterocycles. The number of rotatable bonds is 3. The number of amides is 1. The molecular weight excluding hydrogens is 322 g/mol. The molecule has 1 aromatic carbocycles. The first kappa shape index (κ1) is 16.1. The van der Waals surface area contributed by atoms with Crippen LogP contribution in [0.25, 0.3) is 0 Å². The maximum Gasteiger partial charge on any atom is 0.235 e. The van der Waals surface area contributed by atoms with Crippen molar-refractivity contribution < 1.29 is 23.9 Å². The third kappa shape index (κ3) is 1.77. The second-order valence-electron chi connectivity index (χ2n) is 7.89. The van der Waals surface area contributed by atoms with E-state index in [0.717, 1.165) is 5.56 Å². The van der Waals surface area contributed by atoms with Crippen molar-refractivity contribution in [1.29, 1.82) is 0 Å². The van der Waals surface area contributed by atoms with Crippen molar-refractivity contribution in [2.24, 2.45) is 16.2 Å². The summed E-state index contributed by atoms with van der Waals surface area (Å²) in [6, 6.07) is 5.45. The maximum atomic E-state index is 13.0. The SMILES string of the molecule is CC1(C)[C@]2(C(=O)NCc3ccc4c(c3)OCO4)CC[C@]1(C)C(=O)C2=O. The van der Waals surface area contributed by atoms with E-state index >= 15 is 0 Å². The fourth-order valence-corrected chi connectivity index (χ4v) is 4.66. The first-order chi connectivity index (χ1) is 11.7. The Hall–Kier alpha value is -2.37. The van der Waals surface area contributed by atoms with Crippen molar-refractivity contribution in [3.8, 4) is 11.5 Å². The third-order valence-corrected chi connectivity index (χ3v) is 6.82. The van der Waals surface area contributed by atoms with Crippen LogP contribution >= 0.6 is 0 Å². The van der Waals surface area contributed by atoms with Gasteiger partial charge in [-0.15, -0.1) is 0 Å². The van der Waals surface area contributed by atoms with Crippen LogP contribution in [-0.4, -0.2) is 24.3 Å². The molecule has 1 aliphatic heterocycles. The monoisotopic (exact) mass is 343 g/mol. The number of ether oxygens (including phenoxy) is 2. The van der Waals surface area contributed by atoms with Gasteiger partial charge in [-0.25, -0.2) is 0 Å². The topological polar surface area (TPSA) is 81.7 Å². The van der Waals surface area contributed by atoms with Gasteiger partial charge in [-0.2, -0.15) is 0 Å². The van der Waals surface area contributed by atoms with E-state index in [1.165, 1.54) is 0 Å². The summed E-state index contributed by atoms with van der Waals surface area (Å²) in [7, 11) is 0. The molecule has 0 unspecified atom stereocenters. The summed E-state index contributed by atoms with van der Waals surface area (Å²) in [4.78, 5) is 38.1. The van der Waals surface area contributed by atoms with E-state index in [2.05, 4.69) is 5.32 Å². The zero-order valence-electron chi connectivity index (χ0n) is 14.6. The number of nitrogens with one attached hydrogen (secondary N) is 1. The minimum atomic E-state index is -1.25. The van der Waals surface area contributed by atoms with Gasteiger partial charge in [0, 0.05) is 12.0 Å². The Morgan fingerprint density at radius 1 is 1.08 bits per heavy atom. The molecule has 2 atom stereocenters. The van der Waals surface area contributed by atoms with Crippen LogP contribution in [0.1, 0.15) is 39.2 Å². The second-order valence-corrected chi connectivity index (χ2v) is 7.89. The van der Waals surface area contributed by atoms with E-state index < -0.39 is 27.8 Å². The highest BCUT2D eigenvalue weighted by molar-refractivity contribution is 6.48. The third-order valence-electron chi connectivity index (χ3n) is 6.82. The number of fused-ring (bicyclic) bond motifs is 3. The molecular formula is C19H21NO5. The van der Waals surface area contributed by atoms with Crippen molar-refractivity contribution in [2.75, 3.05) is 6.79 Å². The van der Waals surface area contributed by atoms with Crippen molar-refractivity contribution >= 4 is 17.5 Å². The molecule has 2 saturated carbocycles. The smallest absolute Gasteiger partial charge is 0.235 e. The standard InChI is InChI=1S/C19H21NO5/c1-17(2)18(3)6-7-19(17,15(22)14(18)21)16(23)20-9-11-4-5-12-13(8-11)25-10-24-12/h4-5,8H,6-7,9-10H2,1-3H3,(H,20,23)/t18-,19-/m1/s1. The van der Waals surface area contributed by atoms with Gasteiger partial charge >= 0.3 is 0 Å². The molecule has 132 valence electrons. The van der Waals surface area contributed by atoms with Gasteiger partial charge in [0.05, 0.1) is 0 Å². The molecule has 25 heavy (non-hydrogen) atoms. The van der Waals surface area contributed by atoms with Crippen LogP contribution in [0.3, 0.4) is 0 Å². The predicted molar refractivity (Wildman–Crippen MR) is 88.0 cm³/mol. The average Bonchev–Trinajstić information content (AvgIpc) is 3.15. The van der Waals surface area contributed by atoms with E-state index in [9.17, 15) is 14.4 Å². The molecule has 1 amide bonds. The minimum Gasteiger partial charge on any atom is -0.454 e. The summed E-state index contributed by atoms with van der Waals surface area (Å²) < 4.78 is 10.6. The van der Waals surface area contributed by atoms with Gasteiger partial charge in [0.15, 0.2) is 11.5 Å². The molecule has 4 rings (SSSR count). The van der Waals surface area contributed by atoms with Crippen LogP contribution < -0.4 is 14.8 Å². The fourth-order valence-electron chi connectivity index (χ4n) is 4.66. The van der Waals surface area contributed by atoms with Crippen LogP contribution in [-0.2, 0) is 20.9 Å². The number of carbonyl (C=O) groups excluding carboxylic acids is 3. The van der Waals surface area contributed by atoms with Crippen LogP contribution in [0.15, 0.2) is 18.2 Å². The summed E-state index contributed by atoms with van der Waals surface area (Å²) in [5.41, 5.74) is -1.84. The predicted octanol–water partition coefficient (Wildman–Crippen LogP) is 2.00. The molecule has 0 radical (unpaired) electrons. The van der Waals surface area contributed by atoms with Crippen molar-refractivity contribution in [3.63, 3.8) is 0 Å². The molecule has 1 N–H and O–H groups in total. The summed E-state index contributed by atoms with van der Waals surface area (Å²) >= 11 is 0. The number of carbonyl (C=O) groups is 3. The Balaban J connectivity index is 1.57. The van der Waals surface area contributed by atoms with E-state index in [1.807, 2.05) is 32.9 Å². The second kappa shape index (κ2) is 4.84. The molecule has 0 saturated heterocycles. The summed E-state index contributed by atoms with van der Waals surface area (Å²) in [5, 5.41) is 2.87. The lowest BCUT2D eigenvalue weighted by atomic mass is 9.64. The molecule has 6 heteroatoms. The van der Waals surface area contributed by atoms with Crippen molar-refractivity contribution in [1.82, 2.24) is 5.32 Å². The highest BCUT2D eigenvalue weighted by Gasteiger charge is 2.77. The summed E-state index contributed by atoms with van der Waals surface area (Å²) in [6.07, 6.45) is 0.996. The van der Waals surface area contributed by atoms with Crippen LogP contribution in [0, 0.1) is 16.2 Å². The number of hydrogen-bond donors (Lipinski definition) is 1. The van der Waals surface area contributed by atoms with Crippen molar-refractivity contribution in [2.45, 2.75) is 40.2 Å². The Morgan fingerprint density at radius 3 is 2.48 bits per heavy atom. The maximum absolute atomic E-state index is 13.0. The molecule has 1 aromatic rings. The van der Waals surface area contributed by atoms with E-state index in [0.29, 0.717) is 24.3 Å². The normalized spacial score (nSPS) is 31.5. The largest absolute Gasteiger partial charge is 0.454 e. The van der Waals surface area contributed by atoms with Gasteiger partial charge in [-0.1, -0.05) is 26.8 Å². The number of Topliss-reactive ketones (excluding diaryl/α,β-unsaturated/α-hetero) is 2. The van der Waals surface area contributed by atoms with Gasteiger partial charge in [0.1, 0.15) is 5.41 Å². The number of ketones is 2. The van der Waals surface area contributed by atoms with Crippen LogP contribution in [0.4, 0.5) is 0 Å². The van der Waals surface area contributed by atoms with Gasteiger partial charge < -0.3 is 14.8 Å². The molecule has 6 nitrogen and oxygen atoms in total. The Bertz CT molecular complexity index is 814. The molecule has 0 spiro atoms. The lowest BCUT2D eigenvalue weighted by Gasteiger charge is -2.37. The average molecular weight is 343 g/mol. The Morgan fingerprint density at radius 2 is 1.80 bits per heavy atom. The first-order valence-electron chi connectivity index (χ1n) is 8.50. The first-order valence-corrected chi connectivity index (χ1v) is 8.50. The molecule has 2 aliphatic carbocycles. The van der Waals surface area contributed by atoms with Gasteiger partial charge in [0.25, 0.3) is 0 Å². The molecule has 2 bridgehead atoms. The van der Waals surface area contributed by atoms with E-state index in [1.54, 1.807) is 6.07 Å². The molecule has 2 fully saturated rings. The Labute approximate surface area is 145 Å². The summed E-state index contributed by atoms with van der Waals surface area (Å²) in [5.74, 6) is 0.0369. The van der Waals surface area contributed by atoms with Gasteiger partial charge in [0.2, 0.25) is 24.3 Å². The molecule has 3 aliphatic rings. The quantitative estimate of drug-likeness (QED) is 0.670. The van der Waals surface area contributed by atoms with Crippen LogP contribution in [0.2, 0.25) is 0 Å². The van der Waals surface area contributed by atoms with Crippen LogP contribution in [0.5, 0.6) is 11.5 Å². The Kier molecular flexibility index (Phi) is 3.12. The summed E-state index contributed by atoms with van der Waals surface area (Å²) in [6.45, 7) is 6.00. The highest BCUT2D eigenvalue weighted by Crippen LogP contribution is 2.68.